The maximum Gasteiger partial charge on any atom is 0.124 e. The highest BCUT2D eigenvalue weighted by Gasteiger charge is 2.07. The molecule has 2 rings (SSSR count). The third-order valence-electron chi connectivity index (χ3n) is 2.65. The Morgan fingerprint density at radius 3 is 2.62 bits per heavy atom. The fourth-order valence-electron chi connectivity index (χ4n) is 1.94. The Labute approximate surface area is 95.4 Å². The van der Waals surface area contributed by atoms with Crippen LogP contribution in [-0.2, 0) is 0 Å². The zero-order chi connectivity index (χ0) is 11.5. The summed E-state index contributed by atoms with van der Waals surface area (Å²) in [6.45, 7) is 5.75. The number of allylic oxidation sites excluding steroid dienone is 1. The average molecular weight is 210 g/mol. The predicted octanol–water partition coefficient (Wildman–Crippen LogP) is 4.22. The van der Waals surface area contributed by atoms with Gasteiger partial charge in [-0.2, -0.15) is 0 Å². The van der Waals surface area contributed by atoms with Crippen molar-refractivity contribution >= 4 is 22.9 Å². The standard InChI is InChI=1S/C15H14O/c1-3-7-14-12(4-2)13-9-6-5-8-11(13)10-15(14)16/h3-10,16H,2H2,1H3/b7-3-. The Morgan fingerprint density at radius 1 is 1.19 bits per heavy atom. The lowest BCUT2D eigenvalue weighted by molar-refractivity contribution is 0.475. The van der Waals surface area contributed by atoms with Crippen LogP contribution in [0.25, 0.3) is 22.9 Å². The first kappa shape index (κ1) is 10.5. The first-order valence-electron chi connectivity index (χ1n) is 5.27. The highest BCUT2D eigenvalue weighted by atomic mass is 16.3. The molecule has 80 valence electrons. The second-order valence-corrected chi connectivity index (χ2v) is 3.65. The van der Waals surface area contributed by atoms with Crippen molar-refractivity contribution in [2.45, 2.75) is 6.92 Å². The fraction of sp³-hybridized carbons (Fsp3) is 0.0667. The van der Waals surface area contributed by atoms with Gasteiger partial charge in [-0.15, -0.1) is 0 Å². The Bertz CT molecular complexity index is 565. The maximum absolute atomic E-state index is 9.95. The van der Waals surface area contributed by atoms with Crippen molar-refractivity contribution in [2.24, 2.45) is 0 Å². The number of benzene rings is 2. The Balaban J connectivity index is 2.90. The molecule has 0 amide bonds. The molecule has 0 fully saturated rings. The van der Waals surface area contributed by atoms with Gasteiger partial charge in [-0.05, 0) is 29.3 Å². The maximum atomic E-state index is 9.95. The van der Waals surface area contributed by atoms with Crippen molar-refractivity contribution in [3.05, 3.63) is 54.1 Å². The summed E-state index contributed by atoms with van der Waals surface area (Å²) in [4.78, 5) is 0. The van der Waals surface area contributed by atoms with Crippen LogP contribution in [0.15, 0.2) is 43.0 Å². The smallest absolute Gasteiger partial charge is 0.124 e. The minimum absolute atomic E-state index is 0.298. The summed E-state index contributed by atoms with van der Waals surface area (Å²) >= 11 is 0. The second-order valence-electron chi connectivity index (χ2n) is 3.65. The van der Waals surface area contributed by atoms with E-state index in [-0.39, 0.29) is 0 Å². The van der Waals surface area contributed by atoms with E-state index in [1.165, 1.54) is 0 Å². The van der Waals surface area contributed by atoms with Crippen molar-refractivity contribution in [3.8, 4) is 5.75 Å². The third-order valence-corrected chi connectivity index (χ3v) is 2.65. The van der Waals surface area contributed by atoms with E-state index in [2.05, 4.69) is 6.58 Å². The molecular weight excluding hydrogens is 196 g/mol. The van der Waals surface area contributed by atoms with E-state index >= 15 is 0 Å². The van der Waals surface area contributed by atoms with E-state index in [4.69, 9.17) is 0 Å². The van der Waals surface area contributed by atoms with Crippen LogP contribution >= 0.6 is 0 Å². The molecule has 1 heteroatoms. The lowest BCUT2D eigenvalue weighted by Crippen LogP contribution is -1.85. The number of aromatic hydroxyl groups is 1. The number of rotatable bonds is 2. The number of hydrogen-bond donors (Lipinski definition) is 1. The Morgan fingerprint density at radius 2 is 1.94 bits per heavy atom. The number of phenols is 1. The number of fused-ring (bicyclic) bond motifs is 1. The highest BCUT2D eigenvalue weighted by Crippen LogP contribution is 2.31. The van der Waals surface area contributed by atoms with Gasteiger partial charge in [0.05, 0.1) is 0 Å². The van der Waals surface area contributed by atoms with Gasteiger partial charge in [0, 0.05) is 5.56 Å². The monoisotopic (exact) mass is 210 g/mol. The van der Waals surface area contributed by atoms with Crippen LogP contribution < -0.4 is 0 Å². The number of phenolic OH excluding ortho intramolecular Hbond substituents is 1. The van der Waals surface area contributed by atoms with Gasteiger partial charge in [0.1, 0.15) is 5.75 Å². The molecule has 16 heavy (non-hydrogen) atoms. The van der Waals surface area contributed by atoms with Crippen molar-refractivity contribution in [2.75, 3.05) is 0 Å². The van der Waals surface area contributed by atoms with Gasteiger partial charge in [-0.1, -0.05) is 49.1 Å². The number of hydrogen-bond acceptors (Lipinski definition) is 1. The van der Waals surface area contributed by atoms with Crippen molar-refractivity contribution in [1.29, 1.82) is 0 Å². The van der Waals surface area contributed by atoms with E-state index in [0.29, 0.717) is 5.75 Å². The molecule has 0 atom stereocenters. The first-order valence-corrected chi connectivity index (χ1v) is 5.27. The van der Waals surface area contributed by atoms with Crippen LogP contribution in [0.3, 0.4) is 0 Å². The highest BCUT2D eigenvalue weighted by molar-refractivity contribution is 5.95. The van der Waals surface area contributed by atoms with Crippen LogP contribution in [0, 0.1) is 0 Å². The molecule has 0 heterocycles. The molecule has 2 aromatic carbocycles. The molecular formula is C15H14O. The zero-order valence-electron chi connectivity index (χ0n) is 9.27. The normalized spacial score (nSPS) is 11.1. The lowest BCUT2D eigenvalue weighted by Gasteiger charge is -2.09. The molecule has 1 nitrogen and oxygen atoms in total. The van der Waals surface area contributed by atoms with Crippen molar-refractivity contribution < 1.29 is 5.11 Å². The SMILES string of the molecule is C=Cc1c(/C=C\C)c(O)cc2ccccc12. The fourth-order valence-corrected chi connectivity index (χ4v) is 1.94. The van der Waals surface area contributed by atoms with Gasteiger partial charge < -0.3 is 5.11 Å². The lowest BCUT2D eigenvalue weighted by atomic mass is 9.97. The molecule has 0 unspecified atom stereocenters. The Kier molecular flexibility index (Phi) is 2.78. The van der Waals surface area contributed by atoms with Gasteiger partial charge in [-0.3, -0.25) is 0 Å². The molecule has 0 saturated carbocycles. The Hall–Kier alpha value is -2.02. The quantitative estimate of drug-likeness (QED) is 0.786. The summed E-state index contributed by atoms with van der Waals surface area (Å²) in [5.74, 6) is 0.298. The summed E-state index contributed by atoms with van der Waals surface area (Å²) < 4.78 is 0. The molecule has 0 saturated heterocycles. The summed E-state index contributed by atoms with van der Waals surface area (Å²) in [6.07, 6.45) is 5.60. The van der Waals surface area contributed by atoms with Gasteiger partial charge in [0.25, 0.3) is 0 Å². The van der Waals surface area contributed by atoms with Crippen LogP contribution in [0.5, 0.6) is 5.75 Å². The van der Waals surface area contributed by atoms with Gasteiger partial charge >= 0.3 is 0 Å². The molecule has 0 aliphatic rings. The van der Waals surface area contributed by atoms with Crippen molar-refractivity contribution in [1.82, 2.24) is 0 Å². The molecule has 2 aromatic rings. The van der Waals surface area contributed by atoms with Gasteiger partial charge in [0.15, 0.2) is 0 Å². The molecule has 0 bridgehead atoms. The van der Waals surface area contributed by atoms with Crippen LogP contribution in [0.1, 0.15) is 18.1 Å². The summed E-state index contributed by atoms with van der Waals surface area (Å²) in [7, 11) is 0. The topological polar surface area (TPSA) is 20.2 Å². The molecule has 0 radical (unpaired) electrons. The molecule has 0 aromatic heterocycles. The second kappa shape index (κ2) is 4.23. The first-order chi connectivity index (χ1) is 7.77. The van der Waals surface area contributed by atoms with Crippen molar-refractivity contribution in [3.63, 3.8) is 0 Å². The minimum Gasteiger partial charge on any atom is -0.507 e. The molecule has 0 spiro atoms. The molecule has 0 aliphatic heterocycles. The van der Waals surface area contributed by atoms with Gasteiger partial charge in [0.2, 0.25) is 0 Å². The van der Waals surface area contributed by atoms with E-state index < -0.39 is 0 Å². The van der Waals surface area contributed by atoms with Crippen LogP contribution in [0.4, 0.5) is 0 Å². The third kappa shape index (κ3) is 1.61. The van der Waals surface area contributed by atoms with E-state index in [0.717, 1.165) is 21.9 Å². The molecule has 1 N–H and O–H groups in total. The minimum atomic E-state index is 0.298. The summed E-state index contributed by atoms with van der Waals surface area (Å²) in [5.41, 5.74) is 1.81. The van der Waals surface area contributed by atoms with Gasteiger partial charge in [-0.25, -0.2) is 0 Å². The largest absolute Gasteiger partial charge is 0.507 e. The van der Waals surface area contributed by atoms with Crippen LogP contribution in [-0.4, -0.2) is 5.11 Å². The summed E-state index contributed by atoms with van der Waals surface area (Å²) in [5, 5.41) is 12.1. The van der Waals surface area contributed by atoms with E-state index in [9.17, 15) is 5.11 Å². The molecule has 0 aliphatic carbocycles. The predicted molar refractivity (Wildman–Crippen MR) is 70.4 cm³/mol. The van der Waals surface area contributed by atoms with E-state index in [1.54, 1.807) is 12.1 Å². The van der Waals surface area contributed by atoms with Crippen LogP contribution in [0.2, 0.25) is 0 Å². The zero-order valence-corrected chi connectivity index (χ0v) is 9.27. The summed E-state index contributed by atoms with van der Waals surface area (Å²) in [6, 6.07) is 9.77. The van der Waals surface area contributed by atoms with E-state index in [1.807, 2.05) is 43.3 Å². The average Bonchev–Trinajstić information content (AvgIpc) is 2.30.